The molecular formula is C14H19NO3S. The highest BCUT2D eigenvalue weighted by Crippen LogP contribution is 2.30. The lowest BCUT2D eigenvalue weighted by molar-refractivity contribution is 0.0891. The number of hydrogen-bond acceptors (Lipinski definition) is 4. The van der Waals surface area contributed by atoms with Gasteiger partial charge in [-0.1, -0.05) is 6.42 Å². The molecule has 0 amide bonds. The van der Waals surface area contributed by atoms with Crippen molar-refractivity contribution in [3.8, 4) is 0 Å². The molecule has 2 unspecified atom stereocenters. The topological polar surface area (TPSA) is 77.2 Å². The minimum Gasteiger partial charge on any atom is -0.399 e. The highest BCUT2D eigenvalue weighted by atomic mass is 32.2. The second kappa shape index (κ2) is 5.33. The number of nitrogen functional groups attached to an aromatic ring is 1. The van der Waals surface area contributed by atoms with E-state index in [0.717, 1.165) is 12.8 Å². The van der Waals surface area contributed by atoms with Crippen LogP contribution in [0.25, 0.3) is 0 Å². The van der Waals surface area contributed by atoms with Crippen molar-refractivity contribution >= 4 is 21.3 Å². The Labute approximate surface area is 113 Å². The monoisotopic (exact) mass is 281 g/mol. The van der Waals surface area contributed by atoms with Gasteiger partial charge in [-0.3, -0.25) is 4.79 Å². The number of rotatable bonds is 3. The molecule has 2 rings (SSSR count). The van der Waals surface area contributed by atoms with Gasteiger partial charge >= 0.3 is 0 Å². The van der Waals surface area contributed by atoms with E-state index >= 15 is 0 Å². The fraction of sp³-hybridized carbons (Fsp3) is 0.500. The maximum atomic E-state index is 12.3. The first-order chi connectivity index (χ1) is 8.88. The zero-order chi connectivity index (χ0) is 14.0. The van der Waals surface area contributed by atoms with E-state index in [1.807, 2.05) is 0 Å². The lowest BCUT2D eigenvalue weighted by Crippen LogP contribution is -2.31. The van der Waals surface area contributed by atoms with Gasteiger partial charge in [-0.05, 0) is 43.5 Å². The van der Waals surface area contributed by atoms with E-state index in [2.05, 4.69) is 0 Å². The standard InChI is InChI=1S/C14H19NO3S/c1-19(17,18)13-4-2-3-11(9-13)14(16)10-5-7-12(15)8-6-10/h5-8,11,13H,2-4,9,15H2,1H3. The molecule has 0 aromatic heterocycles. The molecule has 1 aromatic carbocycles. The summed E-state index contributed by atoms with van der Waals surface area (Å²) in [7, 11) is -3.05. The van der Waals surface area contributed by atoms with Crippen molar-refractivity contribution in [2.45, 2.75) is 30.9 Å². The molecule has 1 saturated carbocycles. The maximum absolute atomic E-state index is 12.3. The SMILES string of the molecule is CS(=O)(=O)C1CCCC(C(=O)c2ccc(N)cc2)C1. The molecule has 0 bridgehead atoms. The highest BCUT2D eigenvalue weighted by Gasteiger charge is 2.32. The predicted octanol–water partition coefficient (Wildman–Crippen LogP) is 2.05. The normalized spacial score (nSPS) is 24.1. The predicted molar refractivity (Wildman–Crippen MR) is 75.8 cm³/mol. The largest absolute Gasteiger partial charge is 0.399 e. The van der Waals surface area contributed by atoms with Crippen LogP contribution in [0.2, 0.25) is 0 Å². The van der Waals surface area contributed by atoms with Crippen molar-refractivity contribution in [2.75, 3.05) is 12.0 Å². The summed E-state index contributed by atoms with van der Waals surface area (Å²) in [5, 5.41) is -0.371. The van der Waals surface area contributed by atoms with Gasteiger partial charge in [0.05, 0.1) is 5.25 Å². The van der Waals surface area contributed by atoms with Gasteiger partial charge in [0.15, 0.2) is 5.78 Å². The molecule has 1 fully saturated rings. The molecule has 19 heavy (non-hydrogen) atoms. The van der Waals surface area contributed by atoms with E-state index in [9.17, 15) is 13.2 Å². The van der Waals surface area contributed by atoms with Gasteiger partial charge < -0.3 is 5.73 Å². The van der Waals surface area contributed by atoms with Crippen molar-refractivity contribution in [1.82, 2.24) is 0 Å². The molecular weight excluding hydrogens is 262 g/mol. The lowest BCUT2D eigenvalue weighted by atomic mass is 9.83. The smallest absolute Gasteiger partial charge is 0.165 e. The minimum atomic E-state index is -3.05. The molecule has 2 atom stereocenters. The Morgan fingerprint density at radius 3 is 2.42 bits per heavy atom. The Balaban J connectivity index is 2.13. The van der Waals surface area contributed by atoms with E-state index < -0.39 is 9.84 Å². The summed E-state index contributed by atoms with van der Waals surface area (Å²) in [5.74, 6) is -0.148. The fourth-order valence-electron chi connectivity index (χ4n) is 2.66. The van der Waals surface area contributed by atoms with Crippen LogP contribution in [0.5, 0.6) is 0 Å². The summed E-state index contributed by atoms with van der Waals surface area (Å²) in [6.45, 7) is 0. The van der Waals surface area contributed by atoms with Crippen LogP contribution in [0, 0.1) is 5.92 Å². The average molecular weight is 281 g/mol. The van der Waals surface area contributed by atoms with Gasteiger partial charge in [0.2, 0.25) is 0 Å². The highest BCUT2D eigenvalue weighted by molar-refractivity contribution is 7.91. The zero-order valence-corrected chi connectivity index (χ0v) is 11.8. The van der Waals surface area contributed by atoms with E-state index in [0.29, 0.717) is 24.1 Å². The van der Waals surface area contributed by atoms with E-state index in [1.165, 1.54) is 6.26 Å². The van der Waals surface area contributed by atoms with Crippen LogP contribution in [0.1, 0.15) is 36.0 Å². The number of Topliss-reactive ketones (excluding diaryl/α,β-unsaturated/α-hetero) is 1. The molecule has 5 heteroatoms. The van der Waals surface area contributed by atoms with Crippen molar-refractivity contribution < 1.29 is 13.2 Å². The molecule has 0 saturated heterocycles. The molecule has 0 heterocycles. The number of sulfone groups is 1. The molecule has 1 aliphatic rings. The summed E-state index contributed by atoms with van der Waals surface area (Å²) in [5.41, 5.74) is 6.83. The van der Waals surface area contributed by atoms with Crippen LogP contribution >= 0.6 is 0 Å². The second-order valence-electron chi connectivity index (χ2n) is 5.30. The van der Waals surface area contributed by atoms with Gasteiger partial charge in [0.1, 0.15) is 9.84 Å². The van der Waals surface area contributed by atoms with E-state index in [1.54, 1.807) is 24.3 Å². The Morgan fingerprint density at radius 2 is 1.84 bits per heavy atom. The summed E-state index contributed by atoms with van der Waals surface area (Å²) in [6.07, 6.45) is 3.94. The first-order valence-corrected chi connectivity index (χ1v) is 8.42. The van der Waals surface area contributed by atoms with Crippen LogP contribution in [0.4, 0.5) is 5.69 Å². The molecule has 0 spiro atoms. The minimum absolute atomic E-state index is 0.0355. The number of carbonyl (C=O) groups is 1. The summed E-state index contributed by atoms with van der Waals surface area (Å²) >= 11 is 0. The molecule has 104 valence electrons. The first-order valence-electron chi connectivity index (χ1n) is 6.46. The fourth-order valence-corrected chi connectivity index (χ4v) is 3.83. The van der Waals surface area contributed by atoms with Crippen LogP contribution in [0.3, 0.4) is 0 Å². The van der Waals surface area contributed by atoms with Crippen molar-refractivity contribution in [1.29, 1.82) is 0 Å². The van der Waals surface area contributed by atoms with Crippen LogP contribution < -0.4 is 5.73 Å². The van der Waals surface area contributed by atoms with Gasteiger partial charge in [-0.15, -0.1) is 0 Å². The quantitative estimate of drug-likeness (QED) is 0.679. The maximum Gasteiger partial charge on any atom is 0.165 e. The Morgan fingerprint density at radius 1 is 1.21 bits per heavy atom. The third kappa shape index (κ3) is 3.35. The van der Waals surface area contributed by atoms with Crippen molar-refractivity contribution in [2.24, 2.45) is 5.92 Å². The third-order valence-electron chi connectivity index (χ3n) is 3.80. The molecule has 1 aromatic rings. The lowest BCUT2D eigenvalue weighted by Gasteiger charge is -2.27. The molecule has 4 nitrogen and oxygen atoms in total. The van der Waals surface area contributed by atoms with Gasteiger partial charge in [0, 0.05) is 23.4 Å². The Hall–Kier alpha value is -1.36. The van der Waals surface area contributed by atoms with Crippen LogP contribution in [-0.2, 0) is 9.84 Å². The number of hydrogen-bond donors (Lipinski definition) is 1. The number of benzene rings is 1. The first kappa shape index (κ1) is 14.1. The van der Waals surface area contributed by atoms with E-state index in [4.69, 9.17) is 5.73 Å². The molecule has 1 aliphatic carbocycles. The van der Waals surface area contributed by atoms with Crippen LogP contribution in [-0.4, -0.2) is 25.7 Å². The molecule has 0 aliphatic heterocycles. The molecule has 2 N–H and O–H groups in total. The second-order valence-corrected chi connectivity index (χ2v) is 7.63. The number of nitrogens with two attached hydrogens (primary N) is 1. The van der Waals surface area contributed by atoms with Crippen molar-refractivity contribution in [3.05, 3.63) is 29.8 Å². The zero-order valence-electron chi connectivity index (χ0n) is 11.0. The molecule has 0 radical (unpaired) electrons. The van der Waals surface area contributed by atoms with Gasteiger partial charge in [0.25, 0.3) is 0 Å². The number of ketones is 1. The summed E-state index contributed by atoms with van der Waals surface area (Å²) in [4.78, 5) is 12.3. The third-order valence-corrected chi connectivity index (χ3v) is 5.44. The van der Waals surface area contributed by atoms with Gasteiger partial charge in [-0.25, -0.2) is 8.42 Å². The Bertz CT molecular complexity index is 563. The van der Waals surface area contributed by atoms with Crippen LogP contribution in [0.15, 0.2) is 24.3 Å². The number of carbonyl (C=O) groups excluding carboxylic acids is 1. The summed E-state index contributed by atoms with van der Waals surface area (Å²) < 4.78 is 23.2. The Kier molecular flexibility index (Phi) is 3.94. The van der Waals surface area contributed by atoms with Crippen molar-refractivity contribution in [3.63, 3.8) is 0 Å². The summed E-state index contributed by atoms with van der Waals surface area (Å²) in [6, 6.07) is 6.82. The van der Waals surface area contributed by atoms with E-state index in [-0.39, 0.29) is 17.0 Å². The number of anilines is 1. The average Bonchev–Trinajstić information content (AvgIpc) is 2.38. The van der Waals surface area contributed by atoms with Gasteiger partial charge in [-0.2, -0.15) is 0 Å².